The van der Waals surface area contributed by atoms with E-state index in [1.807, 2.05) is 6.08 Å². The summed E-state index contributed by atoms with van der Waals surface area (Å²) < 4.78 is 12.8. The van der Waals surface area contributed by atoms with Gasteiger partial charge in [-0.05, 0) is 68.3 Å². The van der Waals surface area contributed by atoms with E-state index in [0.29, 0.717) is 42.3 Å². The number of carbonyl (C=O) groups is 2. The fraction of sp³-hybridized carbons (Fsp3) is 0.826. The quantitative estimate of drug-likeness (QED) is 0.484. The lowest BCUT2D eigenvalue weighted by Gasteiger charge is -2.56. The maximum absolute atomic E-state index is 12.2. The molecule has 2 saturated heterocycles. The van der Waals surface area contributed by atoms with Gasteiger partial charge < -0.3 is 9.47 Å². The van der Waals surface area contributed by atoms with Gasteiger partial charge in [0.25, 0.3) is 0 Å². The Balaban J connectivity index is 1.36. The largest absolute Gasteiger partial charge is 0.458 e. The molecule has 5 aliphatic carbocycles. The Morgan fingerprint density at radius 2 is 1.96 bits per heavy atom. The Hall–Kier alpha value is -1.16. The molecular formula is C23H28O4. The van der Waals surface area contributed by atoms with Gasteiger partial charge in [0.15, 0.2) is 5.78 Å². The highest BCUT2D eigenvalue weighted by atomic mass is 16.6. The van der Waals surface area contributed by atoms with E-state index in [4.69, 9.17) is 9.47 Å². The van der Waals surface area contributed by atoms with Crippen molar-refractivity contribution in [3.63, 3.8) is 0 Å². The van der Waals surface area contributed by atoms with E-state index >= 15 is 0 Å². The van der Waals surface area contributed by atoms with Gasteiger partial charge in [0.05, 0.1) is 6.10 Å². The van der Waals surface area contributed by atoms with Gasteiger partial charge >= 0.3 is 5.97 Å². The molecule has 6 fully saturated rings. The van der Waals surface area contributed by atoms with E-state index in [0.717, 1.165) is 25.7 Å². The number of esters is 1. The number of fused-ring (bicyclic) bond motifs is 7. The Morgan fingerprint density at radius 1 is 1.11 bits per heavy atom. The second kappa shape index (κ2) is 4.22. The van der Waals surface area contributed by atoms with Gasteiger partial charge in [0.2, 0.25) is 0 Å². The topological polar surface area (TPSA) is 55.9 Å². The zero-order valence-corrected chi connectivity index (χ0v) is 16.3. The summed E-state index contributed by atoms with van der Waals surface area (Å²) in [5, 5.41) is 0. The molecule has 27 heavy (non-hydrogen) atoms. The van der Waals surface area contributed by atoms with Gasteiger partial charge in [-0.15, -0.1) is 0 Å². The van der Waals surface area contributed by atoms with Crippen molar-refractivity contribution < 1.29 is 19.1 Å². The molecule has 0 aromatic rings. The Bertz CT molecular complexity index is 845. The summed E-state index contributed by atoms with van der Waals surface area (Å²) in [5.74, 6) is 2.77. The van der Waals surface area contributed by atoms with Crippen LogP contribution in [-0.4, -0.2) is 29.1 Å². The molecule has 2 heterocycles. The first-order valence-corrected chi connectivity index (χ1v) is 11.0. The molecular weight excluding hydrogens is 340 g/mol. The second-order valence-corrected chi connectivity index (χ2v) is 11.1. The molecule has 0 bridgehead atoms. The standard InChI is InChI=1S/C23H28O4/c1-20-6-3-12(24)9-16(20)13-10-14(13)19-15-4-7-22(8-5-18(25)27-22)21(15,2)11-17-23(19,20)26-17/h9,13-15,17,19H,3-8,10-11H2,1-2H3/t13?,14?,15?,17?,19?,20?,21?,22-,23?/m1/s1. The fourth-order valence-electron chi connectivity index (χ4n) is 9.12. The van der Waals surface area contributed by atoms with Crippen LogP contribution in [0.15, 0.2) is 11.6 Å². The number of hydrogen-bond donors (Lipinski definition) is 0. The normalized spacial score (nSPS) is 62.0. The molecule has 4 saturated carbocycles. The van der Waals surface area contributed by atoms with Crippen LogP contribution in [0.3, 0.4) is 0 Å². The van der Waals surface area contributed by atoms with Crippen molar-refractivity contribution >= 4 is 11.8 Å². The van der Waals surface area contributed by atoms with E-state index in [1.54, 1.807) is 0 Å². The molecule has 144 valence electrons. The van der Waals surface area contributed by atoms with Crippen LogP contribution in [0.4, 0.5) is 0 Å². The summed E-state index contributed by atoms with van der Waals surface area (Å²) in [4.78, 5) is 24.2. The molecule has 4 nitrogen and oxygen atoms in total. The van der Waals surface area contributed by atoms with Crippen LogP contribution in [0.1, 0.15) is 65.2 Å². The molecule has 0 aromatic carbocycles. The van der Waals surface area contributed by atoms with Crippen LogP contribution in [0.25, 0.3) is 0 Å². The first-order chi connectivity index (χ1) is 12.8. The van der Waals surface area contributed by atoms with E-state index < -0.39 is 0 Å². The fourth-order valence-corrected chi connectivity index (χ4v) is 9.12. The van der Waals surface area contributed by atoms with Crippen molar-refractivity contribution in [2.75, 3.05) is 0 Å². The molecule has 4 heteroatoms. The maximum Gasteiger partial charge on any atom is 0.306 e. The van der Waals surface area contributed by atoms with E-state index in [1.165, 1.54) is 18.4 Å². The van der Waals surface area contributed by atoms with Crippen molar-refractivity contribution in [1.29, 1.82) is 0 Å². The lowest BCUT2D eigenvalue weighted by Crippen LogP contribution is -2.60. The second-order valence-electron chi connectivity index (χ2n) is 11.1. The zero-order chi connectivity index (χ0) is 18.4. The Kier molecular flexibility index (Phi) is 2.46. The SMILES string of the molecule is CC12CCC(=O)C=C1C1CC1C1C3CC[C@@]4(CCC(=O)O4)C3(C)CC3OC312. The predicted octanol–water partition coefficient (Wildman–Crippen LogP) is 3.58. The lowest BCUT2D eigenvalue weighted by atomic mass is 9.46. The molecule has 7 aliphatic rings. The van der Waals surface area contributed by atoms with Crippen molar-refractivity contribution in [3.8, 4) is 0 Å². The highest BCUT2D eigenvalue weighted by Gasteiger charge is 2.85. The summed E-state index contributed by atoms with van der Waals surface area (Å²) in [6.07, 6.45) is 9.85. The van der Waals surface area contributed by atoms with Crippen molar-refractivity contribution in [2.45, 2.75) is 82.5 Å². The molecule has 7 rings (SSSR count). The van der Waals surface area contributed by atoms with Gasteiger partial charge in [-0.1, -0.05) is 19.4 Å². The maximum atomic E-state index is 12.2. The molecule has 2 spiro atoms. The minimum Gasteiger partial charge on any atom is -0.458 e. The number of rotatable bonds is 0. The molecule has 0 N–H and O–H groups in total. The average Bonchev–Trinajstić information content (AvgIpc) is 3.49. The smallest absolute Gasteiger partial charge is 0.306 e. The third-order valence-electron chi connectivity index (χ3n) is 10.4. The molecule has 9 atom stereocenters. The Labute approximate surface area is 160 Å². The van der Waals surface area contributed by atoms with Crippen LogP contribution in [0.2, 0.25) is 0 Å². The number of ketones is 1. The molecule has 0 radical (unpaired) electrons. The minimum absolute atomic E-state index is 0.00124. The third-order valence-corrected chi connectivity index (χ3v) is 10.4. The van der Waals surface area contributed by atoms with Crippen LogP contribution in [0, 0.1) is 34.5 Å². The van der Waals surface area contributed by atoms with Crippen LogP contribution in [0.5, 0.6) is 0 Å². The Morgan fingerprint density at radius 3 is 2.74 bits per heavy atom. The van der Waals surface area contributed by atoms with E-state index in [9.17, 15) is 9.59 Å². The summed E-state index contributed by atoms with van der Waals surface area (Å²) in [6.45, 7) is 4.81. The highest BCUT2D eigenvalue weighted by molar-refractivity contribution is 5.92. The number of carbonyl (C=O) groups excluding carboxylic acids is 2. The van der Waals surface area contributed by atoms with Crippen LogP contribution in [-0.2, 0) is 19.1 Å². The first kappa shape index (κ1) is 15.7. The monoisotopic (exact) mass is 368 g/mol. The van der Waals surface area contributed by atoms with E-state index in [2.05, 4.69) is 13.8 Å². The van der Waals surface area contributed by atoms with Crippen molar-refractivity contribution in [3.05, 3.63) is 11.6 Å². The summed E-state index contributed by atoms with van der Waals surface area (Å²) >= 11 is 0. The summed E-state index contributed by atoms with van der Waals surface area (Å²) in [7, 11) is 0. The summed E-state index contributed by atoms with van der Waals surface area (Å²) in [6, 6.07) is 0. The van der Waals surface area contributed by atoms with Gasteiger partial charge in [-0.25, -0.2) is 0 Å². The first-order valence-electron chi connectivity index (χ1n) is 11.0. The number of epoxide rings is 1. The van der Waals surface area contributed by atoms with Crippen LogP contribution < -0.4 is 0 Å². The van der Waals surface area contributed by atoms with Crippen LogP contribution >= 0.6 is 0 Å². The zero-order valence-electron chi connectivity index (χ0n) is 16.3. The predicted molar refractivity (Wildman–Crippen MR) is 96.6 cm³/mol. The number of hydrogen-bond acceptors (Lipinski definition) is 4. The van der Waals surface area contributed by atoms with Gasteiger partial charge in [0.1, 0.15) is 11.2 Å². The summed E-state index contributed by atoms with van der Waals surface area (Å²) in [5.41, 5.74) is 1.24. The average molecular weight is 368 g/mol. The minimum atomic E-state index is -0.239. The van der Waals surface area contributed by atoms with Gasteiger partial charge in [-0.3, -0.25) is 9.59 Å². The number of ether oxygens (including phenoxy) is 2. The van der Waals surface area contributed by atoms with Gasteiger partial charge in [0, 0.05) is 23.7 Å². The lowest BCUT2D eigenvalue weighted by molar-refractivity contribution is -0.164. The molecule has 0 amide bonds. The van der Waals surface area contributed by atoms with Crippen molar-refractivity contribution in [2.24, 2.45) is 34.5 Å². The highest BCUT2D eigenvalue weighted by Crippen LogP contribution is 2.82. The van der Waals surface area contributed by atoms with Gasteiger partial charge in [-0.2, -0.15) is 0 Å². The molecule has 0 aromatic heterocycles. The third kappa shape index (κ3) is 1.47. The van der Waals surface area contributed by atoms with E-state index in [-0.39, 0.29) is 34.1 Å². The molecule has 8 unspecified atom stereocenters. The van der Waals surface area contributed by atoms with Crippen molar-refractivity contribution in [1.82, 2.24) is 0 Å². The molecule has 2 aliphatic heterocycles.